The van der Waals surface area contributed by atoms with Gasteiger partial charge in [-0.3, -0.25) is 0 Å². The lowest BCUT2D eigenvalue weighted by Crippen LogP contribution is -2.28. The van der Waals surface area contributed by atoms with E-state index >= 15 is 0 Å². The van der Waals surface area contributed by atoms with Gasteiger partial charge >= 0.3 is 0 Å². The highest BCUT2D eigenvalue weighted by molar-refractivity contribution is 7.91. The van der Waals surface area contributed by atoms with E-state index in [-0.39, 0.29) is 19.6 Å². The summed E-state index contributed by atoms with van der Waals surface area (Å²) in [5.41, 5.74) is 0.957. The van der Waals surface area contributed by atoms with Crippen LogP contribution in [0.5, 0.6) is 17.2 Å². The fraction of sp³-hybridized carbons (Fsp3) is 0.171. The van der Waals surface area contributed by atoms with E-state index in [0.29, 0.717) is 28.7 Å². The lowest BCUT2D eigenvalue weighted by molar-refractivity contribution is 0.0827. The van der Waals surface area contributed by atoms with E-state index in [0.717, 1.165) is 21.9 Å². The van der Waals surface area contributed by atoms with E-state index < -0.39 is 30.1 Å². The van der Waals surface area contributed by atoms with Crippen LogP contribution < -0.4 is 9.47 Å². The monoisotopic (exact) mass is 758 g/mol. The van der Waals surface area contributed by atoms with Gasteiger partial charge in [-0.2, -0.15) is 0 Å². The number of rotatable bonds is 11. The molecule has 0 fully saturated rings. The highest BCUT2D eigenvalue weighted by Gasteiger charge is 2.28. The average molecular weight is 760 g/mol. The molecule has 0 radical (unpaired) electrons. The Labute approximate surface area is 309 Å². The van der Waals surface area contributed by atoms with Crippen LogP contribution in [0.1, 0.15) is 45.2 Å². The van der Waals surface area contributed by atoms with Crippen molar-refractivity contribution in [3.63, 3.8) is 0 Å². The Hall–Kier alpha value is -4.34. The lowest BCUT2D eigenvalue weighted by atomic mass is 9.93. The van der Waals surface area contributed by atoms with Gasteiger partial charge in [-0.1, -0.05) is 54.9 Å². The van der Waals surface area contributed by atoms with Crippen LogP contribution in [-0.4, -0.2) is 16.8 Å². The van der Waals surface area contributed by atoms with Crippen LogP contribution in [0.15, 0.2) is 153 Å². The fourth-order valence-corrected chi connectivity index (χ4v) is 8.42. The van der Waals surface area contributed by atoms with Crippen LogP contribution in [0, 0.1) is 0 Å². The van der Waals surface area contributed by atoms with Gasteiger partial charge in [0.2, 0.25) is 19.7 Å². The molecule has 0 aliphatic heterocycles. The van der Waals surface area contributed by atoms with Crippen molar-refractivity contribution in [2.45, 2.75) is 64.2 Å². The Morgan fingerprint density at radius 1 is 0.529 bits per heavy atom. The van der Waals surface area contributed by atoms with Crippen LogP contribution in [0.2, 0.25) is 5.02 Å². The maximum Gasteiger partial charge on any atom is 0.206 e. The molecule has 6 aromatic rings. The second-order valence-corrected chi connectivity index (χ2v) is 18.2. The molecule has 0 heterocycles. The molecule has 0 bridgehead atoms. The van der Waals surface area contributed by atoms with Crippen LogP contribution in [0.4, 0.5) is 0 Å². The Morgan fingerprint density at radius 2 is 0.922 bits per heavy atom. The third-order valence-corrected chi connectivity index (χ3v) is 13.0. The zero-order valence-electron chi connectivity index (χ0n) is 28.4. The smallest absolute Gasteiger partial charge is 0.206 e. The Balaban J connectivity index is 1.15. The van der Waals surface area contributed by atoms with Crippen LogP contribution in [0.3, 0.4) is 0 Å². The Bertz CT molecular complexity index is 2400. The molecule has 10 heteroatoms. The van der Waals surface area contributed by atoms with Crippen LogP contribution in [-0.2, 0) is 30.1 Å². The first-order valence-electron chi connectivity index (χ1n) is 16.2. The zero-order valence-corrected chi connectivity index (χ0v) is 31.6. The summed E-state index contributed by atoms with van der Waals surface area (Å²) < 4.78 is 65.3. The first kappa shape index (κ1) is 36.5. The summed E-state index contributed by atoms with van der Waals surface area (Å²) in [4.78, 5) is 0.126. The van der Waals surface area contributed by atoms with Crippen molar-refractivity contribution < 1.29 is 26.3 Å². The molecule has 0 aliphatic rings. The van der Waals surface area contributed by atoms with Gasteiger partial charge in [0.15, 0.2) is 0 Å². The van der Waals surface area contributed by atoms with Crippen molar-refractivity contribution in [2.24, 2.45) is 0 Å². The lowest BCUT2D eigenvalue weighted by Gasteiger charge is -2.30. The van der Waals surface area contributed by atoms with Gasteiger partial charge in [-0.25, -0.2) is 16.8 Å². The average Bonchev–Trinajstić information content (AvgIpc) is 3.12. The summed E-state index contributed by atoms with van der Waals surface area (Å²) in [5, 5.41) is 2.33. The molecule has 0 amide bonds. The van der Waals surface area contributed by atoms with Crippen molar-refractivity contribution in [2.75, 3.05) is 0 Å². The second kappa shape index (κ2) is 14.0. The summed E-state index contributed by atoms with van der Waals surface area (Å²) in [5.74, 6) is 1.76. The molecular formula is C41H36Cl2O6S2. The Morgan fingerprint density at radius 3 is 1.39 bits per heavy atom. The molecule has 262 valence electrons. The fourth-order valence-electron chi connectivity index (χ4n) is 5.65. The van der Waals surface area contributed by atoms with Gasteiger partial charge in [0.05, 0.1) is 24.5 Å². The number of halogens is 2. The number of hydrogen-bond acceptors (Lipinski definition) is 6. The van der Waals surface area contributed by atoms with E-state index in [2.05, 4.69) is 0 Å². The van der Waals surface area contributed by atoms with E-state index in [1.165, 1.54) is 24.3 Å². The molecule has 0 saturated carbocycles. The molecule has 6 rings (SSSR count). The van der Waals surface area contributed by atoms with Gasteiger partial charge in [-0.05, 0) is 146 Å². The minimum Gasteiger partial charge on any atom is -0.483 e. The maximum atomic E-state index is 13.2. The van der Waals surface area contributed by atoms with Crippen molar-refractivity contribution in [1.29, 1.82) is 0 Å². The molecule has 0 aromatic heterocycles. The third kappa shape index (κ3) is 7.80. The quantitative estimate of drug-likeness (QED) is 0.122. The largest absolute Gasteiger partial charge is 0.483 e. The van der Waals surface area contributed by atoms with E-state index in [1.54, 1.807) is 72.8 Å². The first-order chi connectivity index (χ1) is 24.1. The van der Waals surface area contributed by atoms with E-state index in [4.69, 9.17) is 32.7 Å². The number of sulfone groups is 2. The Kier molecular flexibility index (Phi) is 10.0. The molecule has 6 nitrogen and oxygen atoms in total. The molecule has 6 aromatic carbocycles. The van der Waals surface area contributed by atoms with Crippen molar-refractivity contribution >= 4 is 53.6 Å². The molecule has 0 saturated heterocycles. The summed E-state index contributed by atoms with van der Waals surface area (Å²) >= 11 is 12.3. The number of fused-ring (bicyclic) bond motifs is 1. The highest BCUT2D eigenvalue weighted by Crippen LogP contribution is 2.36. The third-order valence-electron chi connectivity index (χ3n) is 8.92. The molecular weight excluding hydrogens is 723 g/mol. The topological polar surface area (TPSA) is 86.7 Å². The van der Waals surface area contributed by atoms with Gasteiger partial charge in [0.25, 0.3) is 0 Å². The maximum absolute atomic E-state index is 13.2. The standard InChI is InChI=1S/C41H36Cl2O6S2/c1-5-41(4,31-10-20-37(21-11-31)50(44,45)38-22-12-32(42)13-23-38)49-35-15-7-28-26-34(14-6-29(28)27-35)48-33-16-24-39(25-17-33)51(46,47)36-18-8-30(9-19-36)40(2,3)43/h6-27H,5H2,1-4H3. The van der Waals surface area contributed by atoms with Gasteiger partial charge < -0.3 is 9.47 Å². The van der Waals surface area contributed by atoms with Crippen molar-refractivity contribution in [3.05, 3.63) is 150 Å². The normalized spacial score (nSPS) is 13.5. The summed E-state index contributed by atoms with van der Waals surface area (Å²) in [7, 11) is -7.41. The number of alkyl halides is 1. The molecule has 0 N–H and O–H groups in total. The highest BCUT2D eigenvalue weighted by atomic mass is 35.5. The molecule has 1 atom stereocenters. The zero-order chi connectivity index (χ0) is 36.6. The van der Waals surface area contributed by atoms with Crippen molar-refractivity contribution in [3.8, 4) is 17.2 Å². The minimum atomic E-state index is -3.71. The summed E-state index contributed by atoms with van der Waals surface area (Å²) in [6.07, 6.45) is 0.639. The predicted octanol–water partition coefficient (Wildman–Crippen LogP) is 11.1. The number of benzene rings is 6. The first-order valence-corrected chi connectivity index (χ1v) is 20.0. The molecule has 0 spiro atoms. The van der Waals surface area contributed by atoms with E-state index in [9.17, 15) is 16.8 Å². The van der Waals surface area contributed by atoms with Gasteiger partial charge in [0.1, 0.15) is 22.8 Å². The van der Waals surface area contributed by atoms with Crippen LogP contribution >= 0.6 is 23.2 Å². The van der Waals surface area contributed by atoms with Crippen LogP contribution in [0.25, 0.3) is 10.8 Å². The molecule has 51 heavy (non-hydrogen) atoms. The van der Waals surface area contributed by atoms with Gasteiger partial charge in [0, 0.05) is 5.02 Å². The predicted molar refractivity (Wildman–Crippen MR) is 203 cm³/mol. The number of ether oxygens (including phenoxy) is 2. The molecule has 1 unspecified atom stereocenters. The van der Waals surface area contributed by atoms with Crippen molar-refractivity contribution in [1.82, 2.24) is 0 Å². The second-order valence-electron chi connectivity index (χ2n) is 12.9. The van der Waals surface area contributed by atoms with E-state index in [1.807, 2.05) is 64.1 Å². The SMILES string of the molecule is CCC(C)(Oc1ccc2cc(Oc3ccc(S(=O)(=O)c4ccc(C(C)(C)Cl)cc4)cc3)ccc2c1)c1ccc(S(=O)(=O)c2ccc(Cl)cc2)cc1. The minimum absolute atomic E-state index is 0.164. The summed E-state index contributed by atoms with van der Waals surface area (Å²) in [6, 6.07) is 37.3. The van der Waals surface area contributed by atoms with Gasteiger partial charge in [-0.15, -0.1) is 11.6 Å². The molecule has 0 aliphatic carbocycles. The number of hydrogen-bond donors (Lipinski definition) is 0. The summed E-state index contributed by atoms with van der Waals surface area (Å²) in [6.45, 7) is 7.70.